The first kappa shape index (κ1) is 122. The topological polar surface area (TPSA) is 327 Å². The van der Waals surface area contributed by atoms with Crippen LogP contribution in [0.5, 0.6) is 0 Å². The van der Waals surface area contributed by atoms with Crippen molar-refractivity contribution in [2.45, 2.75) is 532 Å². The minimum absolute atomic E-state index is 0.0418. The zero-order chi connectivity index (χ0) is 98.9. The first-order chi connectivity index (χ1) is 62.3. The summed E-state index contributed by atoms with van der Waals surface area (Å²) in [6, 6.07) is 21.0. The van der Waals surface area contributed by atoms with E-state index in [0.29, 0.717) is 0 Å². The molecule has 0 aromatic rings. The SMILES string of the molecule is CCOC(=O)[C@@H]1O[C@H](CNC(=O)[C@@H]2O[C@H](CNC(=O)[C@@H]3O[C@H](CNC(=O)[C@@H]4O[C@H](CN)[C@@H](O[Si](CC)(CC)CC)[C@H](O[Si](CC)(CC)CC)[C@H]4O[Si](CC)(CC)CC)[C@@H](O[Si](CC)(CC)CC)[C@H](O[Si](CC)(CC)CC)[C@H]3NC(C)=O)[C@@H](O[Si](CC)(CC)CC)[C@H](O[Si](CC)(CC)CC)[C@H]2O[Si](CC)(CC)CC)[C@@H](O[Si](CC)(CC)CC)[C@H](O[Si](CC)(CC)CC)[C@H]1NC(C)=O. The van der Waals surface area contributed by atoms with E-state index >= 15 is 14.4 Å². The standard InChI is InChI=1S/C94H196N6O21Si10/c1-34-107-94(106)84-76(100-70(33)102)82(117-127(50-17,51-18)52-19)79(114-124(41-8,42-9)43-10)73(110-84)67-98-93(105)90-88(121-131(62-29,63-30)64-31)86(119-129(56-23,57-24)58-25)80(115-125(44-11,45-12)46-13)74(111-90)68-96-91(103)83-75(99-69(32)101)81(116-126(47-14,48-15)49-16)78(113-123(38-5,39-6)40-7)72(109-83)66-97-92(104)89-87(120-130(59-26,60-27)61-28)85(118-128(53-20,54-21)55-22)77(71(65-95)108-89)112-122(35-2,36-3)37-4/h71-90H,34-68,95H2,1-33H3,(H,96,103)(H,97,104)(H,98,105)(H,99,101)(H,100,102)/t71-,72-,73-,74-,75-,76-,77-,78-,79-,80-,81-,82-,83-,84-,85+,86+,87-,88-,89-,90-/m1/s1. The van der Waals surface area contributed by atoms with Crippen molar-refractivity contribution >= 4 is 119 Å². The summed E-state index contributed by atoms with van der Waals surface area (Å²) in [5.74, 6) is -3.06. The van der Waals surface area contributed by atoms with Crippen molar-refractivity contribution in [3.63, 3.8) is 0 Å². The summed E-state index contributed by atoms with van der Waals surface area (Å²) < 4.78 is 114. The van der Waals surface area contributed by atoms with Gasteiger partial charge in [0.2, 0.25) is 11.8 Å². The summed E-state index contributed by atoms with van der Waals surface area (Å²) >= 11 is 0. The van der Waals surface area contributed by atoms with Crippen LogP contribution in [-0.2, 0) is 96.7 Å². The van der Waals surface area contributed by atoms with Gasteiger partial charge >= 0.3 is 5.97 Å². The van der Waals surface area contributed by atoms with Crippen molar-refractivity contribution in [1.82, 2.24) is 26.6 Å². The molecule has 768 valence electrons. The fourth-order valence-electron chi connectivity index (χ4n) is 21.4. The van der Waals surface area contributed by atoms with Crippen LogP contribution in [0.3, 0.4) is 0 Å². The third-order valence-corrected chi connectivity index (χ3v) is 79.9. The minimum atomic E-state index is -2.80. The summed E-state index contributed by atoms with van der Waals surface area (Å²) in [6.07, 6.45) is -18.2. The Hall–Kier alpha value is -1.61. The molecule has 4 heterocycles. The third kappa shape index (κ3) is 29.8. The molecule has 7 N–H and O–H groups in total. The zero-order valence-electron chi connectivity index (χ0n) is 88.9. The summed E-state index contributed by atoms with van der Waals surface area (Å²) in [5, 5.41) is 16.6. The molecule has 4 rings (SSSR count). The fourth-order valence-corrected chi connectivity index (χ4v) is 49.9. The van der Waals surface area contributed by atoms with E-state index in [4.69, 9.17) is 73.7 Å². The first-order valence-electron chi connectivity index (χ1n) is 52.9. The highest BCUT2D eigenvalue weighted by Crippen LogP contribution is 2.46. The number of esters is 1. The Morgan fingerprint density at radius 1 is 0.237 bits per heavy atom. The van der Waals surface area contributed by atoms with Gasteiger partial charge in [0, 0.05) is 40.0 Å². The molecule has 0 aromatic carbocycles. The lowest BCUT2D eigenvalue weighted by Gasteiger charge is -2.53. The molecular weight excluding hydrogens is 1830 g/mol. The van der Waals surface area contributed by atoms with E-state index in [1.54, 1.807) is 6.92 Å². The van der Waals surface area contributed by atoms with Crippen LogP contribution >= 0.6 is 0 Å². The van der Waals surface area contributed by atoms with Gasteiger partial charge in [-0.15, -0.1) is 0 Å². The number of nitrogens with two attached hydrogens (primary N) is 1. The average molecular weight is 2030 g/mol. The highest BCUT2D eigenvalue weighted by Gasteiger charge is 2.62. The Morgan fingerprint density at radius 2 is 0.412 bits per heavy atom. The summed E-state index contributed by atoms with van der Waals surface area (Å²) in [6.45, 7) is 69.6. The lowest BCUT2D eigenvalue weighted by atomic mass is 9.91. The molecule has 4 aliphatic heterocycles. The molecule has 0 aromatic heterocycles. The van der Waals surface area contributed by atoms with Crippen molar-refractivity contribution < 1.29 is 96.7 Å². The second kappa shape index (κ2) is 56.9. The number of carbonyl (C=O) groups excluding carboxylic acids is 6. The Kier molecular flexibility index (Phi) is 52.8. The molecule has 0 unspecified atom stereocenters. The van der Waals surface area contributed by atoms with Crippen LogP contribution in [0, 0.1) is 0 Å². The first-order valence-corrected chi connectivity index (χ1v) is 78.2. The Labute approximate surface area is 806 Å². The van der Waals surface area contributed by atoms with E-state index in [2.05, 4.69) is 234 Å². The van der Waals surface area contributed by atoms with Crippen LogP contribution in [-0.4, -0.2) is 273 Å². The minimum Gasteiger partial charge on any atom is -0.464 e. The second-order valence-corrected chi connectivity index (χ2v) is 85.5. The van der Waals surface area contributed by atoms with Gasteiger partial charge in [-0.1, -0.05) is 208 Å². The van der Waals surface area contributed by atoms with E-state index < -0.39 is 235 Å². The van der Waals surface area contributed by atoms with Crippen LogP contribution in [0.1, 0.15) is 228 Å². The summed E-state index contributed by atoms with van der Waals surface area (Å²) in [4.78, 5) is 93.1. The molecular formula is C94H196N6O21Si10. The van der Waals surface area contributed by atoms with Gasteiger partial charge in [0.25, 0.3) is 17.7 Å². The van der Waals surface area contributed by atoms with Crippen molar-refractivity contribution in [3.8, 4) is 0 Å². The molecule has 37 heteroatoms. The van der Waals surface area contributed by atoms with Gasteiger partial charge in [-0.3, -0.25) is 24.0 Å². The van der Waals surface area contributed by atoms with Crippen LogP contribution < -0.4 is 32.3 Å². The van der Waals surface area contributed by atoms with Gasteiger partial charge in [0.05, 0.1) is 43.1 Å². The van der Waals surface area contributed by atoms with Gasteiger partial charge in [0.1, 0.15) is 61.0 Å². The molecule has 0 saturated carbocycles. The quantitative estimate of drug-likeness (QED) is 0.0243. The van der Waals surface area contributed by atoms with Gasteiger partial charge in [0.15, 0.2) is 108 Å². The van der Waals surface area contributed by atoms with Crippen LogP contribution in [0.4, 0.5) is 0 Å². The Morgan fingerprint density at radius 3 is 0.634 bits per heavy atom. The second-order valence-electron chi connectivity index (χ2n) is 38.3. The molecule has 131 heavy (non-hydrogen) atoms. The number of carbonyl (C=O) groups is 6. The highest BCUT2D eigenvalue weighted by atomic mass is 28.4. The zero-order valence-corrected chi connectivity index (χ0v) is 98.9. The van der Waals surface area contributed by atoms with E-state index in [1.807, 2.05) is 0 Å². The smallest absolute Gasteiger partial charge is 0.337 e. The van der Waals surface area contributed by atoms with Gasteiger partial charge in [-0.05, 0) is 188 Å². The van der Waals surface area contributed by atoms with Gasteiger partial charge in [-0.25, -0.2) is 4.79 Å². The number of amides is 5. The van der Waals surface area contributed by atoms with Crippen LogP contribution in [0.2, 0.25) is 181 Å². The van der Waals surface area contributed by atoms with Crippen molar-refractivity contribution in [2.75, 3.05) is 32.8 Å². The van der Waals surface area contributed by atoms with E-state index in [0.717, 1.165) is 181 Å². The maximum atomic E-state index is 16.9. The van der Waals surface area contributed by atoms with E-state index in [-0.39, 0.29) is 38.7 Å². The summed E-state index contributed by atoms with van der Waals surface area (Å²) in [5.41, 5.74) is 6.96. The van der Waals surface area contributed by atoms with Crippen LogP contribution in [0.25, 0.3) is 0 Å². The molecule has 20 atom stereocenters. The highest BCUT2D eigenvalue weighted by molar-refractivity contribution is 6.77. The number of rotatable bonds is 64. The fraction of sp³-hybridized carbons (Fsp3) is 0.936. The summed E-state index contributed by atoms with van der Waals surface area (Å²) in [7, 11) is -26.8. The largest absolute Gasteiger partial charge is 0.464 e. The van der Waals surface area contributed by atoms with Crippen molar-refractivity contribution in [2.24, 2.45) is 5.73 Å². The number of hydrogen-bond donors (Lipinski definition) is 6. The van der Waals surface area contributed by atoms with Gasteiger partial charge in [-0.2, -0.15) is 0 Å². The van der Waals surface area contributed by atoms with Crippen molar-refractivity contribution in [3.05, 3.63) is 0 Å². The molecule has 0 bridgehead atoms. The lowest BCUT2D eigenvalue weighted by molar-refractivity contribution is -0.211. The molecule has 0 spiro atoms. The molecule has 0 aliphatic carbocycles. The molecule has 5 amide bonds. The monoisotopic (exact) mass is 2030 g/mol. The Balaban J connectivity index is 2.24. The number of nitrogens with one attached hydrogen (secondary N) is 5. The average Bonchev–Trinajstić information content (AvgIpc) is 0.761. The molecule has 4 fully saturated rings. The molecule has 27 nitrogen and oxygen atoms in total. The molecule has 4 aliphatic rings. The normalized spacial score (nSPS) is 27.1. The number of hydrogen-bond acceptors (Lipinski definition) is 22. The third-order valence-electron chi connectivity index (χ3n) is 33.5. The molecule has 4 saturated heterocycles. The predicted molar refractivity (Wildman–Crippen MR) is 555 cm³/mol. The van der Waals surface area contributed by atoms with Crippen molar-refractivity contribution in [1.29, 1.82) is 0 Å². The predicted octanol–water partition coefficient (Wildman–Crippen LogP) is 18.8. The lowest BCUT2D eigenvalue weighted by Crippen LogP contribution is -2.73. The van der Waals surface area contributed by atoms with E-state index in [9.17, 15) is 14.4 Å². The Bertz CT molecular complexity index is 3260. The van der Waals surface area contributed by atoms with Gasteiger partial charge < -0.3 is 100 Å². The molecule has 0 radical (unpaired) electrons. The van der Waals surface area contributed by atoms with E-state index in [1.165, 1.54) is 13.8 Å². The van der Waals surface area contributed by atoms with Crippen LogP contribution in [0.15, 0.2) is 0 Å². The number of ether oxygens (including phenoxy) is 5. The maximum absolute atomic E-state index is 16.9. The maximum Gasteiger partial charge on any atom is 0.337 e.